The molecule has 0 unspecified atom stereocenters. The van der Waals surface area contributed by atoms with Gasteiger partial charge in [-0.15, -0.1) is 0 Å². The van der Waals surface area contributed by atoms with Crippen LogP contribution in [-0.4, -0.2) is 21.0 Å². The molecule has 2 rings (SSSR count). The van der Waals surface area contributed by atoms with Gasteiger partial charge < -0.3 is 9.84 Å². The zero-order valence-electron chi connectivity index (χ0n) is 10.5. The lowest BCUT2D eigenvalue weighted by molar-refractivity contribution is -0.385. The van der Waals surface area contributed by atoms with E-state index >= 15 is 0 Å². The number of pyridine rings is 1. The molecule has 0 aliphatic heterocycles. The molecule has 0 radical (unpaired) electrons. The fourth-order valence-electron chi connectivity index (χ4n) is 1.62. The van der Waals surface area contributed by atoms with Crippen LogP contribution in [-0.2, 0) is 6.61 Å². The summed E-state index contributed by atoms with van der Waals surface area (Å²) >= 11 is 5.80. The highest BCUT2D eigenvalue weighted by atomic mass is 35.5. The topological polar surface area (TPSA) is 103 Å². The van der Waals surface area contributed by atoms with Gasteiger partial charge in [-0.25, -0.2) is 4.79 Å². The molecule has 8 heteroatoms. The molecule has 1 aromatic carbocycles. The second-order valence-corrected chi connectivity index (χ2v) is 4.47. The largest absolute Gasteiger partial charge is 0.487 e. The summed E-state index contributed by atoms with van der Waals surface area (Å²) in [5.41, 5.74) is 0.128. The number of nitrogens with zero attached hydrogens (tertiary/aromatic N) is 2. The highest BCUT2D eigenvalue weighted by Crippen LogP contribution is 2.24. The zero-order chi connectivity index (χ0) is 15.4. The molecule has 1 heterocycles. The Bertz CT molecular complexity index is 705. The predicted octanol–water partition coefficient (Wildman–Crippen LogP) is 2.92. The molecule has 0 fully saturated rings. The average molecular weight is 309 g/mol. The SMILES string of the molecule is O=C(O)c1cncc(OCc2cc(Cl)ccc2[N+](=O)[O-])c1. The van der Waals surface area contributed by atoms with Crippen molar-refractivity contribution in [1.82, 2.24) is 4.98 Å². The number of carboxylic acids is 1. The predicted molar refractivity (Wildman–Crippen MR) is 73.6 cm³/mol. The lowest BCUT2D eigenvalue weighted by Crippen LogP contribution is -2.02. The van der Waals surface area contributed by atoms with Gasteiger partial charge in [-0.05, 0) is 18.2 Å². The van der Waals surface area contributed by atoms with Crippen molar-refractivity contribution in [3.8, 4) is 5.75 Å². The average Bonchev–Trinajstić information content (AvgIpc) is 2.45. The molecular formula is C13H9ClN2O5. The van der Waals surface area contributed by atoms with Crippen LogP contribution < -0.4 is 4.74 Å². The number of aromatic nitrogens is 1. The number of aromatic carboxylic acids is 1. The fourth-order valence-corrected chi connectivity index (χ4v) is 1.82. The Balaban J connectivity index is 2.20. The number of ether oxygens (including phenoxy) is 1. The normalized spacial score (nSPS) is 10.1. The molecule has 7 nitrogen and oxygen atoms in total. The Labute approximate surface area is 123 Å². The minimum atomic E-state index is -1.14. The molecule has 0 spiro atoms. The number of carbonyl (C=O) groups is 1. The summed E-state index contributed by atoms with van der Waals surface area (Å²) in [6, 6.07) is 5.41. The molecule has 2 aromatic rings. The summed E-state index contributed by atoms with van der Waals surface area (Å²) in [7, 11) is 0. The number of hydrogen-bond acceptors (Lipinski definition) is 5. The van der Waals surface area contributed by atoms with Gasteiger partial charge in [-0.1, -0.05) is 11.6 Å². The lowest BCUT2D eigenvalue weighted by atomic mass is 10.2. The van der Waals surface area contributed by atoms with Gasteiger partial charge in [-0.3, -0.25) is 15.1 Å². The van der Waals surface area contributed by atoms with Crippen LogP contribution in [0, 0.1) is 10.1 Å². The first kappa shape index (κ1) is 14.7. The van der Waals surface area contributed by atoms with Crippen LogP contribution in [0.1, 0.15) is 15.9 Å². The first-order valence-electron chi connectivity index (χ1n) is 5.71. The summed E-state index contributed by atoms with van der Waals surface area (Å²) in [5, 5.41) is 20.1. The van der Waals surface area contributed by atoms with Crippen molar-refractivity contribution in [2.24, 2.45) is 0 Å². The van der Waals surface area contributed by atoms with E-state index in [1.54, 1.807) is 0 Å². The van der Waals surface area contributed by atoms with E-state index in [-0.39, 0.29) is 29.2 Å². The molecule has 1 N–H and O–H groups in total. The van der Waals surface area contributed by atoms with Gasteiger partial charge in [0.25, 0.3) is 5.69 Å². The van der Waals surface area contributed by atoms with E-state index < -0.39 is 10.9 Å². The van der Waals surface area contributed by atoms with Gasteiger partial charge in [0.15, 0.2) is 0 Å². The van der Waals surface area contributed by atoms with E-state index in [9.17, 15) is 14.9 Å². The Morgan fingerprint density at radius 1 is 1.38 bits per heavy atom. The smallest absolute Gasteiger partial charge is 0.337 e. The third-order valence-corrected chi connectivity index (χ3v) is 2.83. The van der Waals surface area contributed by atoms with E-state index in [4.69, 9.17) is 21.4 Å². The minimum absolute atomic E-state index is 0.0342. The minimum Gasteiger partial charge on any atom is -0.487 e. The Kier molecular flexibility index (Phi) is 4.34. The van der Waals surface area contributed by atoms with Crippen molar-refractivity contribution in [1.29, 1.82) is 0 Å². The van der Waals surface area contributed by atoms with Crippen molar-refractivity contribution < 1.29 is 19.6 Å². The monoisotopic (exact) mass is 308 g/mol. The quantitative estimate of drug-likeness (QED) is 0.673. The van der Waals surface area contributed by atoms with Gasteiger partial charge in [0.2, 0.25) is 0 Å². The summed E-state index contributed by atoms with van der Waals surface area (Å²) in [4.78, 5) is 24.9. The van der Waals surface area contributed by atoms with Crippen molar-refractivity contribution in [2.45, 2.75) is 6.61 Å². The van der Waals surface area contributed by atoms with Crippen LogP contribution in [0.4, 0.5) is 5.69 Å². The van der Waals surface area contributed by atoms with Gasteiger partial charge >= 0.3 is 5.97 Å². The van der Waals surface area contributed by atoms with Gasteiger partial charge in [0.1, 0.15) is 12.4 Å². The maximum absolute atomic E-state index is 10.9. The number of benzene rings is 1. The molecule has 0 saturated carbocycles. The molecule has 21 heavy (non-hydrogen) atoms. The van der Waals surface area contributed by atoms with Crippen molar-refractivity contribution >= 4 is 23.3 Å². The Morgan fingerprint density at radius 3 is 2.81 bits per heavy atom. The van der Waals surface area contributed by atoms with E-state index in [0.29, 0.717) is 5.02 Å². The van der Waals surface area contributed by atoms with Crippen LogP contribution in [0.2, 0.25) is 5.02 Å². The van der Waals surface area contributed by atoms with Gasteiger partial charge in [0.05, 0.1) is 22.2 Å². The Hall–Kier alpha value is -2.67. The molecule has 0 amide bonds. The van der Waals surface area contributed by atoms with Crippen LogP contribution in [0.25, 0.3) is 0 Å². The third kappa shape index (κ3) is 3.67. The number of hydrogen-bond donors (Lipinski definition) is 1. The fraction of sp³-hybridized carbons (Fsp3) is 0.0769. The molecule has 0 atom stereocenters. The molecule has 0 saturated heterocycles. The van der Waals surface area contributed by atoms with E-state index in [1.807, 2.05) is 0 Å². The first-order valence-corrected chi connectivity index (χ1v) is 6.09. The maximum Gasteiger partial charge on any atom is 0.337 e. The highest BCUT2D eigenvalue weighted by Gasteiger charge is 2.15. The summed E-state index contributed by atoms with van der Waals surface area (Å²) in [6.07, 6.45) is 2.50. The molecule has 1 aromatic heterocycles. The third-order valence-electron chi connectivity index (χ3n) is 2.59. The van der Waals surface area contributed by atoms with Crippen molar-refractivity contribution in [3.63, 3.8) is 0 Å². The molecule has 108 valence electrons. The Morgan fingerprint density at radius 2 is 2.14 bits per heavy atom. The zero-order valence-corrected chi connectivity index (χ0v) is 11.3. The molecule has 0 bridgehead atoms. The molecular weight excluding hydrogens is 300 g/mol. The number of nitro benzene ring substituents is 1. The number of carboxylic acid groups (broad SMARTS) is 1. The first-order chi connectivity index (χ1) is 9.97. The van der Waals surface area contributed by atoms with Gasteiger partial charge in [0, 0.05) is 17.3 Å². The van der Waals surface area contributed by atoms with E-state index in [2.05, 4.69) is 4.98 Å². The summed E-state index contributed by atoms with van der Waals surface area (Å²) < 4.78 is 5.34. The van der Waals surface area contributed by atoms with Crippen LogP contribution in [0.15, 0.2) is 36.7 Å². The van der Waals surface area contributed by atoms with Crippen LogP contribution in [0.5, 0.6) is 5.75 Å². The summed E-state index contributed by atoms with van der Waals surface area (Å²) in [6.45, 7) is -0.123. The molecule has 0 aliphatic rings. The van der Waals surface area contributed by atoms with E-state index in [0.717, 1.165) is 0 Å². The van der Waals surface area contributed by atoms with E-state index in [1.165, 1.54) is 36.7 Å². The van der Waals surface area contributed by atoms with Crippen molar-refractivity contribution in [3.05, 3.63) is 62.9 Å². The van der Waals surface area contributed by atoms with Crippen molar-refractivity contribution in [2.75, 3.05) is 0 Å². The van der Waals surface area contributed by atoms with Crippen LogP contribution in [0.3, 0.4) is 0 Å². The standard InChI is InChI=1S/C13H9ClN2O5/c14-10-1-2-12(16(19)20)9(3-10)7-21-11-4-8(13(17)18)5-15-6-11/h1-6H,7H2,(H,17,18). The number of rotatable bonds is 5. The maximum atomic E-state index is 10.9. The second kappa shape index (κ2) is 6.19. The van der Waals surface area contributed by atoms with Crippen LogP contribution >= 0.6 is 11.6 Å². The highest BCUT2D eigenvalue weighted by molar-refractivity contribution is 6.30. The summed E-state index contributed by atoms with van der Waals surface area (Å²) in [5.74, 6) is -0.939. The number of halogens is 1. The van der Waals surface area contributed by atoms with Gasteiger partial charge in [-0.2, -0.15) is 0 Å². The molecule has 0 aliphatic carbocycles. The second-order valence-electron chi connectivity index (χ2n) is 4.03. The lowest BCUT2D eigenvalue weighted by Gasteiger charge is -2.07. The number of nitro groups is 1.